The molecule has 17 heavy (non-hydrogen) atoms. The molecule has 1 aromatic carbocycles. The van der Waals surface area contributed by atoms with E-state index in [0.29, 0.717) is 13.0 Å². The standard InChI is InChI=1S/C15H17NO/c1-4-12-10-14(17)16(11-12)15(2,3)13-8-6-5-7-9-13/h1,5-9,12H,10-11H2,2-3H3. The maximum atomic E-state index is 12.0. The minimum atomic E-state index is -0.288. The van der Waals surface area contributed by atoms with Gasteiger partial charge in [-0.25, -0.2) is 0 Å². The highest BCUT2D eigenvalue weighted by atomic mass is 16.2. The van der Waals surface area contributed by atoms with E-state index >= 15 is 0 Å². The molecule has 0 radical (unpaired) electrons. The van der Waals surface area contributed by atoms with E-state index in [9.17, 15) is 4.79 Å². The molecule has 0 aliphatic carbocycles. The van der Waals surface area contributed by atoms with E-state index in [4.69, 9.17) is 6.42 Å². The van der Waals surface area contributed by atoms with Crippen LogP contribution in [0.3, 0.4) is 0 Å². The zero-order chi connectivity index (χ0) is 12.5. The minimum Gasteiger partial charge on any atom is -0.332 e. The number of likely N-dealkylation sites (tertiary alicyclic amines) is 1. The topological polar surface area (TPSA) is 20.3 Å². The first-order valence-corrected chi connectivity index (χ1v) is 5.88. The number of nitrogens with zero attached hydrogens (tertiary/aromatic N) is 1. The number of benzene rings is 1. The normalized spacial score (nSPS) is 20.4. The number of hydrogen-bond donors (Lipinski definition) is 0. The number of carbonyl (C=O) groups excluding carboxylic acids is 1. The predicted molar refractivity (Wildman–Crippen MR) is 68.1 cm³/mol. The van der Waals surface area contributed by atoms with Crippen molar-refractivity contribution in [3.05, 3.63) is 35.9 Å². The summed E-state index contributed by atoms with van der Waals surface area (Å²) >= 11 is 0. The van der Waals surface area contributed by atoms with Gasteiger partial charge in [0.1, 0.15) is 0 Å². The molecule has 1 heterocycles. The van der Waals surface area contributed by atoms with Crippen molar-refractivity contribution in [3.8, 4) is 12.3 Å². The van der Waals surface area contributed by atoms with Crippen molar-refractivity contribution >= 4 is 5.91 Å². The van der Waals surface area contributed by atoms with Gasteiger partial charge in [0.05, 0.1) is 5.54 Å². The SMILES string of the molecule is C#CC1CC(=O)N(C(C)(C)c2ccccc2)C1. The zero-order valence-corrected chi connectivity index (χ0v) is 10.3. The molecule has 1 aliphatic heterocycles. The average Bonchev–Trinajstić information content (AvgIpc) is 2.72. The quantitative estimate of drug-likeness (QED) is 0.710. The Morgan fingerprint density at radius 3 is 2.53 bits per heavy atom. The van der Waals surface area contributed by atoms with E-state index in [2.05, 4.69) is 31.9 Å². The van der Waals surface area contributed by atoms with E-state index in [0.717, 1.165) is 5.56 Å². The summed E-state index contributed by atoms with van der Waals surface area (Å²) in [5.41, 5.74) is 0.857. The van der Waals surface area contributed by atoms with Crippen molar-refractivity contribution in [1.82, 2.24) is 4.90 Å². The highest BCUT2D eigenvalue weighted by Crippen LogP contribution is 2.33. The van der Waals surface area contributed by atoms with Crippen molar-refractivity contribution in [2.75, 3.05) is 6.54 Å². The molecule has 0 N–H and O–H groups in total. The lowest BCUT2D eigenvalue weighted by Crippen LogP contribution is -2.42. The summed E-state index contributed by atoms with van der Waals surface area (Å²) in [4.78, 5) is 13.9. The highest BCUT2D eigenvalue weighted by Gasteiger charge is 2.38. The molecule has 0 aromatic heterocycles. The van der Waals surface area contributed by atoms with Crippen molar-refractivity contribution in [2.45, 2.75) is 25.8 Å². The average molecular weight is 227 g/mol. The van der Waals surface area contributed by atoms with Crippen molar-refractivity contribution in [3.63, 3.8) is 0 Å². The van der Waals surface area contributed by atoms with Gasteiger partial charge in [-0.2, -0.15) is 0 Å². The summed E-state index contributed by atoms with van der Waals surface area (Å²) in [6.45, 7) is 4.80. The fourth-order valence-corrected chi connectivity index (χ4v) is 2.36. The van der Waals surface area contributed by atoms with Crippen LogP contribution >= 0.6 is 0 Å². The number of terminal acetylenes is 1. The Balaban J connectivity index is 2.28. The minimum absolute atomic E-state index is 0.0606. The molecular weight excluding hydrogens is 210 g/mol. The summed E-state index contributed by atoms with van der Waals surface area (Å²) in [6, 6.07) is 10.1. The van der Waals surface area contributed by atoms with Gasteiger partial charge < -0.3 is 4.90 Å². The molecule has 1 aromatic rings. The van der Waals surface area contributed by atoms with Gasteiger partial charge in [0.2, 0.25) is 5.91 Å². The first-order valence-electron chi connectivity index (χ1n) is 5.88. The van der Waals surface area contributed by atoms with Crippen molar-refractivity contribution in [2.24, 2.45) is 5.92 Å². The second-order valence-electron chi connectivity index (χ2n) is 5.00. The van der Waals surface area contributed by atoms with Crippen molar-refractivity contribution < 1.29 is 4.79 Å². The summed E-state index contributed by atoms with van der Waals surface area (Å²) in [7, 11) is 0. The summed E-state index contributed by atoms with van der Waals surface area (Å²) in [5.74, 6) is 2.90. The molecule has 0 saturated carbocycles. The zero-order valence-electron chi connectivity index (χ0n) is 10.3. The van der Waals surface area contributed by atoms with Crippen LogP contribution in [0, 0.1) is 18.3 Å². The van der Waals surface area contributed by atoms with E-state index in [1.165, 1.54) is 0 Å². The van der Waals surface area contributed by atoms with Crippen LogP contribution in [0.15, 0.2) is 30.3 Å². The Labute approximate surface area is 103 Å². The Bertz CT molecular complexity index is 456. The van der Waals surface area contributed by atoms with Gasteiger partial charge in [0.25, 0.3) is 0 Å². The van der Waals surface area contributed by atoms with E-state index in [1.807, 2.05) is 23.1 Å². The monoisotopic (exact) mass is 227 g/mol. The van der Waals surface area contributed by atoms with Gasteiger partial charge in [-0.1, -0.05) is 30.3 Å². The highest BCUT2D eigenvalue weighted by molar-refractivity contribution is 5.80. The van der Waals surface area contributed by atoms with Crippen LogP contribution in [-0.2, 0) is 10.3 Å². The van der Waals surface area contributed by atoms with E-state index in [-0.39, 0.29) is 17.4 Å². The van der Waals surface area contributed by atoms with Gasteiger partial charge in [-0.3, -0.25) is 4.79 Å². The summed E-state index contributed by atoms with van der Waals surface area (Å²) in [5, 5.41) is 0. The van der Waals surface area contributed by atoms with Gasteiger partial charge in [0.15, 0.2) is 0 Å². The molecular formula is C15H17NO. The third-order valence-corrected chi connectivity index (χ3v) is 3.52. The van der Waals surface area contributed by atoms with Gasteiger partial charge in [-0.05, 0) is 19.4 Å². The second-order valence-corrected chi connectivity index (χ2v) is 5.00. The molecule has 1 fully saturated rings. The lowest BCUT2D eigenvalue weighted by atomic mass is 9.92. The molecule has 1 atom stereocenters. The predicted octanol–water partition coefficient (Wildman–Crippen LogP) is 2.40. The molecule has 2 heteroatoms. The maximum absolute atomic E-state index is 12.0. The van der Waals surface area contributed by atoms with Gasteiger partial charge >= 0.3 is 0 Å². The Kier molecular flexibility index (Phi) is 2.93. The number of rotatable bonds is 2. The number of amides is 1. The molecule has 2 nitrogen and oxygen atoms in total. The Morgan fingerprint density at radius 2 is 2.00 bits per heavy atom. The second kappa shape index (κ2) is 4.25. The molecule has 0 spiro atoms. The molecule has 0 bridgehead atoms. The van der Waals surface area contributed by atoms with Crippen LogP contribution in [0.4, 0.5) is 0 Å². The largest absolute Gasteiger partial charge is 0.332 e. The first-order chi connectivity index (χ1) is 8.05. The van der Waals surface area contributed by atoms with Crippen LogP contribution in [0.1, 0.15) is 25.8 Å². The lowest BCUT2D eigenvalue weighted by Gasteiger charge is -2.36. The van der Waals surface area contributed by atoms with Crippen LogP contribution in [0.25, 0.3) is 0 Å². The van der Waals surface area contributed by atoms with Gasteiger partial charge in [0, 0.05) is 18.9 Å². The molecule has 88 valence electrons. The van der Waals surface area contributed by atoms with Gasteiger partial charge in [-0.15, -0.1) is 12.3 Å². The molecule has 1 amide bonds. The lowest BCUT2D eigenvalue weighted by molar-refractivity contribution is -0.132. The number of carbonyl (C=O) groups is 1. The molecule has 1 unspecified atom stereocenters. The fourth-order valence-electron chi connectivity index (χ4n) is 2.36. The van der Waals surface area contributed by atoms with Crippen molar-refractivity contribution in [1.29, 1.82) is 0 Å². The summed E-state index contributed by atoms with van der Waals surface area (Å²) < 4.78 is 0. The van der Waals surface area contributed by atoms with Crippen LogP contribution < -0.4 is 0 Å². The number of hydrogen-bond acceptors (Lipinski definition) is 1. The van der Waals surface area contributed by atoms with Crippen LogP contribution in [-0.4, -0.2) is 17.4 Å². The third-order valence-electron chi connectivity index (χ3n) is 3.52. The molecule has 1 saturated heterocycles. The fraction of sp³-hybridized carbons (Fsp3) is 0.400. The Morgan fingerprint density at radius 1 is 1.35 bits per heavy atom. The third kappa shape index (κ3) is 2.06. The smallest absolute Gasteiger partial charge is 0.224 e. The molecule has 2 rings (SSSR count). The van der Waals surface area contributed by atoms with E-state index < -0.39 is 0 Å². The van der Waals surface area contributed by atoms with E-state index in [1.54, 1.807) is 0 Å². The maximum Gasteiger partial charge on any atom is 0.224 e. The first kappa shape index (κ1) is 11.7. The van der Waals surface area contributed by atoms with Crippen LogP contribution in [0.5, 0.6) is 0 Å². The summed E-state index contributed by atoms with van der Waals surface area (Å²) in [6.07, 6.45) is 5.89. The van der Waals surface area contributed by atoms with Crippen LogP contribution in [0.2, 0.25) is 0 Å². The Hall–Kier alpha value is -1.75. The molecule has 1 aliphatic rings.